The Labute approximate surface area is 86.5 Å². The number of hydrogen-bond acceptors (Lipinski definition) is 2. The van der Waals surface area contributed by atoms with Gasteiger partial charge < -0.3 is 11.1 Å². The van der Waals surface area contributed by atoms with Crippen LogP contribution in [0.4, 0.5) is 5.69 Å². The van der Waals surface area contributed by atoms with Crippen molar-refractivity contribution in [2.45, 2.75) is 20.3 Å². The smallest absolute Gasteiger partial charge is 0.0369 e. The van der Waals surface area contributed by atoms with Gasteiger partial charge in [0.15, 0.2) is 0 Å². The second-order valence-corrected chi connectivity index (χ2v) is 3.87. The largest absolute Gasteiger partial charge is 0.385 e. The van der Waals surface area contributed by atoms with Gasteiger partial charge in [0, 0.05) is 12.2 Å². The predicted octanol–water partition coefficient (Wildman–Crippen LogP) is 2.39. The molecule has 1 aromatic carbocycles. The Morgan fingerprint density at radius 3 is 2.71 bits per heavy atom. The van der Waals surface area contributed by atoms with Crippen molar-refractivity contribution >= 4 is 5.69 Å². The van der Waals surface area contributed by atoms with Gasteiger partial charge in [0.25, 0.3) is 0 Å². The van der Waals surface area contributed by atoms with Crippen LogP contribution in [0.15, 0.2) is 24.3 Å². The van der Waals surface area contributed by atoms with Gasteiger partial charge in [0.2, 0.25) is 0 Å². The highest BCUT2D eigenvalue weighted by atomic mass is 14.9. The minimum Gasteiger partial charge on any atom is -0.385 e. The molecule has 0 saturated carbocycles. The minimum absolute atomic E-state index is 0.603. The molecular weight excluding hydrogens is 172 g/mol. The first kappa shape index (κ1) is 11.1. The second-order valence-electron chi connectivity index (χ2n) is 3.87. The number of aryl methyl sites for hydroxylation is 1. The van der Waals surface area contributed by atoms with Crippen molar-refractivity contribution in [3.63, 3.8) is 0 Å². The fraction of sp³-hybridized carbons (Fsp3) is 0.500. The molecule has 0 amide bonds. The van der Waals surface area contributed by atoms with Crippen LogP contribution in [0.3, 0.4) is 0 Å². The number of para-hydroxylation sites is 1. The highest BCUT2D eigenvalue weighted by Crippen LogP contribution is 2.13. The molecule has 1 aromatic rings. The molecule has 0 bridgehead atoms. The van der Waals surface area contributed by atoms with Gasteiger partial charge in [-0.3, -0.25) is 0 Å². The zero-order valence-electron chi connectivity index (χ0n) is 9.09. The number of anilines is 1. The molecule has 2 nitrogen and oxygen atoms in total. The maximum atomic E-state index is 5.55. The first-order valence-electron chi connectivity index (χ1n) is 5.23. The molecule has 0 aromatic heterocycles. The van der Waals surface area contributed by atoms with Crippen molar-refractivity contribution in [3.05, 3.63) is 29.8 Å². The van der Waals surface area contributed by atoms with Crippen LogP contribution in [0, 0.1) is 12.8 Å². The van der Waals surface area contributed by atoms with Crippen LogP contribution < -0.4 is 11.1 Å². The lowest BCUT2D eigenvalue weighted by molar-refractivity contribution is 0.561. The van der Waals surface area contributed by atoms with E-state index in [-0.39, 0.29) is 0 Å². The standard InChI is InChI=1S/C12H20N2/c1-10(9-13)7-8-14-12-6-4-3-5-11(12)2/h3-6,10,14H,7-9,13H2,1-2H3. The molecule has 78 valence electrons. The first-order valence-corrected chi connectivity index (χ1v) is 5.23. The Kier molecular flexibility index (Phi) is 4.47. The number of nitrogens with two attached hydrogens (primary N) is 1. The van der Waals surface area contributed by atoms with Crippen LogP contribution in [0.25, 0.3) is 0 Å². The van der Waals surface area contributed by atoms with E-state index in [4.69, 9.17) is 5.73 Å². The van der Waals surface area contributed by atoms with Crippen LogP contribution in [0.5, 0.6) is 0 Å². The first-order chi connectivity index (χ1) is 6.74. The SMILES string of the molecule is Cc1ccccc1NCCC(C)CN. The van der Waals surface area contributed by atoms with Crippen LogP contribution in [0.2, 0.25) is 0 Å². The summed E-state index contributed by atoms with van der Waals surface area (Å²) in [5, 5.41) is 3.42. The van der Waals surface area contributed by atoms with E-state index in [1.807, 2.05) is 0 Å². The predicted molar refractivity (Wildman–Crippen MR) is 62.5 cm³/mol. The molecule has 3 N–H and O–H groups in total. The molecule has 0 aliphatic carbocycles. The van der Waals surface area contributed by atoms with E-state index < -0.39 is 0 Å². The summed E-state index contributed by atoms with van der Waals surface area (Å²) in [5.74, 6) is 0.603. The van der Waals surface area contributed by atoms with Crippen LogP contribution in [0.1, 0.15) is 18.9 Å². The van der Waals surface area contributed by atoms with Gasteiger partial charge in [-0.2, -0.15) is 0 Å². The zero-order chi connectivity index (χ0) is 10.4. The fourth-order valence-corrected chi connectivity index (χ4v) is 1.34. The maximum Gasteiger partial charge on any atom is 0.0369 e. The summed E-state index contributed by atoms with van der Waals surface area (Å²) in [6.07, 6.45) is 1.13. The Hall–Kier alpha value is -1.02. The second kappa shape index (κ2) is 5.66. The maximum absolute atomic E-state index is 5.55. The van der Waals surface area contributed by atoms with Crippen LogP contribution in [-0.4, -0.2) is 13.1 Å². The van der Waals surface area contributed by atoms with Crippen molar-refractivity contribution in [1.82, 2.24) is 0 Å². The molecule has 1 atom stereocenters. The molecule has 14 heavy (non-hydrogen) atoms. The Morgan fingerprint density at radius 1 is 1.36 bits per heavy atom. The summed E-state index contributed by atoms with van der Waals surface area (Å²) in [6.45, 7) is 6.08. The molecule has 0 fully saturated rings. The summed E-state index contributed by atoms with van der Waals surface area (Å²) in [4.78, 5) is 0. The summed E-state index contributed by atoms with van der Waals surface area (Å²) in [7, 11) is 0. The number of benzene rings is 1. The van der Waals surface area contributed by atoms with E-state index in [0.717, 1.165) is 19.5 Å². The fourth-order valence-electron chi connectivity index (χ4n) is 1.34. The average molecular weight is 192 g/mol. The van der Waals surface area contributed by atoms with E-state index in [0.29, 0.717) is 5.92 Å². The molecule has 0 saturated heterocycles. The summed E-state index contributed by atoms with van der Waals surface area (Å²) in [6, 6.07) is 8.35. The molecule has 0 radical (unpaired) electrons. The zero-order valence-corrected chi connectivity index (χ0v) is 9.09. The van der Waals surface area contributed by atoms with E-state index in [1.165, 1.54) is 11.3 Å². The van der Waals surface area contributed by atoms with Gasteiger partial charge in [0.05, 0.1) is 0 Å². The molecule has 0 spiro atoms. The van der Waals surface area contributed by atoms with E-state index in [2.05, 4.69) is 43.4 Å². The van der Waals surface area contributed by atoms with Gasteiger partial charge >= 0.3 is 0 Å². The Balaban J connectivity index is 2.35. The van der Waals surface area contributed by atoms with Crippen molar-refractivity contribution < 1.29 is 0 Å². The summed E-state index contributed by atoms with van der Waals surface area (Å²) >= 11 is 0. The lowest BCUT2D eigenvalue weighted by Crippen LogP contribution is -2.15. The molecule has 2 heteroatoms. The quantitative estimate of drug-likeness (QED) is 0.751. The van der Waals surface area contributed by atoms with Gasteiger partial charge in [-0.1, -0.05) is 25.1 Å². The average Bonchev–Trinajstić information content (AvgIpc) is 2.20. The van der Waals surface area contributed by atoms with E-state index >= 15 is 0 Å². The highest BCUT2D eigenvalue weighted by Gasteiger charge is 1.99. The Morgan fingerprint density at radius 2 is 2.07 bits per heavy atom. The highest BCUT2D eigenvalue weighted by molar-refractivity contribution is 5.50. The Bertz CT molecular complexity index is 271. The van der Waals surface area contributed by atoms with Gasteiger partial charge in [-0.25, -0.2) is 0 Å². The third kappa shape index (κ3) is 3.38. The normalized spacial score (nSPS) is 12.5. The molecular formula is C12H20N2. The minimum atomic E-state index is 0.603. The molecule has 1 rings (SSSR count). The summed E-state index contributed by atoms with van der Waals surface area (Å²) < 4.78 is 0. The van der Waals surface area contributed by atoms with Crippen molar-refractivity contribution in [3.8, 4) is 0 Å². The topological polar surface area (TPSA) is 38.0 Å². The van der Waals surface area contributed by atoms with Gasteiger partial charge in [-0.05, 0) is 37.4 Å². The molecule has 0 aliphatic heterocycles. The molecule has 1 unspecified atom stereocenters. The van der Waals surface area contributed by atoms with Gasteiger partial charge in [-0.15, -0.1) is 0 Å². The lowest BCUT2D eigenvalue weighted by atomic mass is 10.1. The monoisotopic (exact) mass is 192 g/mol. The number of nitrogens with one attached hydrogen (secondary N) is 1. The third-order valence-corrected chi connectivity index (χ3v) is 2.50. The van der Waals surface area contributed by atoms with Crippen LogP contribution >= 0.6 is 0 Å². The number of hydrogen-bond donors (Lipinski definition) is 2. The molecule has 0 heterocycles. The van der Waals surface area contributed by atoms with Crippen molar-refractivity contribution in [1.29, 1.82) is 0 Å². The lowest BCUT2D eigenvalue weighted by Gasteiger charge is -2.11. The van der Waals surface area contributed by atoms with Crippen LogP contribution in [-0.2, 0) is 0 Å². The third-order valence-electron chi connectivity index (χ3n) is 2.50. The molecule has 0 aliphatic rings. The summed E-state index contributed by atoms with van der Waals surface area (Å²) in [5.41, 5.74) is 8.09. The van der Waals surface area contributed by atoms with E-state index in [9.17, 15) is 0 Å². The van der Waals surface area contributed by atoms with Gasteiger partial charge in [0.1, 0.15) is 0 Å². The number of rotatable bonds is 5. The van der Waals surface area contributed by atoms with Crippen molar-refractivity contribution in [2.75, 3.05) is 18.4 Å². The van der Waals surface area contributed by atoms with Crippen molar-refractivity contribution in [2.24, 2.45) is 11.7 Å². The van der Waals surface area contributed by atoms with E-state index in [1.54, 1.807) is 0 Å².